The van der Waals surface area contributed by atoms with Gasteiger partial charge in [0.2, 0.25) is 5.91 Å². The number of rotatable bonds is 10. The molecule has 3 aromatic carbocycles. The van der Waals surface area contributed by atoms with Gasteiger partial charge in [-0.3, -0.25) is 9.35 Å². The number of aromatic nitrogens is 3. The summed E-state index contributed by atoms with van der Waals surface area (Å²) >= 11 is -2.57. The number of carbonyl (C=O) groups is 1. The Morgan fingerprint density at radius 1 is 0.976 bits per heavy atom. The topological polar surface area (TPSA) is 152 Å². The van der Waals surface area contributed by atoms with Gasteiger partial charge in [-0.05, 0) is 37.3 Å². The Bertz CT molecular complexity index is 1720. The third-order valence-electron chi connectivity index (χ3n) is 6.08. The molecule has 0 spiro atoms. The zero-order chi connectivity index (χ0) is 28.9. The van der Waals surface area contributed by atoms with Gasteiger partial charge in [0.15, 0.2) is 11.6 Å². The van der Waals surface area contributed by atoms with Crippen LogP contribution in [-0.4, -0.2) is 44.0 Å². The molecule has 41 heavy (non-hydrogen) atoms. The summed E-state index contributed by atoms with van der Waals surface area (Å²) in [5, 5.41) is 9.79. The fraction of sp³-hybridized carbons (Fsp3) is 0.143. The normalized spacial score (nSPS) is 11.6. The van der Waals surface area contributed by atoms with Crippen LogP contribution in [0.4, 0.5) is 28.7 Å². The van der Waals surface area contributed by atoms with Gasteiger partial charge in [-0.15, -0.1) is 0 Å². The van der Waals surface area contributed by atoms with E-state index in [9.17, 15) is 13.6 Å². The molecule has 1 unspecified atom stereocenters. The summed E-state index contributed by atoms with van der Waals surface area (Å²) in [7, 11) is 3.07. The van der Waals surface area contributed by atoms with E-state index in [2.05, 4.69) is 20.8 Å². The number of ether oxygens (including phenoxy) is 2. The Hall–Kier alpha value is -5.01. The second kappa shape index (κ2) is 12.0. The molecule has 5 rings (SSSR count). The molecule has 1 amide bonds. The summed E-state index contributed by atoms with van der Waals surface area (Å²) in [5.74, 6) is 1.06. The highest BCUT2D eigenvalue weighted by atomic mass is 32.2. The Kier molecular flexibility index (Phi) is 8.08. The minimum Gasteiger partial charge on any atom is -0.497 e. The number of para-hydroxylation sites is 2. The van der Waals surface area contributed by atoms with E-state index in [1.807, 2.05) is 6.07 Å². The number of methoxy groups -OCH3 is 2. The lowest BCUT2D eigenvalue weighted by Gasteiger charge is -2.23. The van der Waals surface area contributed by atoms with Crippen LogP contribution in [-0.2, 0) is 22.5 Å². The SMILES string of the molecule is COc1cc(Nc2nc3ccccc3nc2N(c2cccc(NC(=O)Cc3conc3C)c2)S(=O)O)cc(OC)c1. The molecule has 2 heterocycles. The van der Waals surface area contributed by atoms with Crippen molar-refractivity contribution >= 4 is 56.9 Å². The fourth-order valence-corrected chi connectivity index (χ4v) is 4.66. The quantitative estimate of drug-likeness (QED) is 0.191. The molecule has 5 aromatic rings. The highest BCUT2D eigenvalue weighted by molar-refractivity contribution is 7.81. The van der Waals surface area contributed by atoms with E-state index >= 15 is 0 Å². The van der Waals surface area contributed by atoms with E-state index < -0.39 is 11.3 Å². The van der Waals surface area contributed by atoms with Crippen molar-refractivity contribution in [2.75, 3.05) is 29.2 Å². The lowest BCUT2D eigenvalue weighted by Crippen LogP contribution is -2.22. The van der Waals surface area contributed by atoms with E-state index in [0.29, 0.717) is 50.9 Å². The molecule has 0 aliphatic rings. The molecule has 0 saturated heterocycles. The maximum absolute atomic E-state index is 12.8. The predicted molar refractivity (Wildman–Crippen MR) is 155 cm³/mol. The van der Waals surface area contributed by atoms with E-state index in [0.717, 1.165) is 4.31 Å². The highest BCUT2D eigenvalue weighted by Gasteiger charge is 2.24. The van der Waals surface area contributed by atoms with Crippen LogP contribution in [0.3, 0.4) is 0 Å². The van der Waals surface area contributed by atoms with Crippen LogP contribution in [0.25, 0.3) is 11.0 Å². The standard InChI is InChI=1S/C28H26N6O6S/c1-17-18(16-40-33-17)11-26(35)29-19-7-6-8-21(12-19)34(41(36)37)28-27(31-24-9-4-5-10-25(24)32-28)30-20-13-22(38-2)15-23(14-20)39-3/h4-10,12-16H,11H2,1-3H3,(H,29,35)(H,30,31)(H,36,37). The molecule has 0 bridgehead atoms. The van der Waals surface area contributed by atoms with Crippen molar-refractivity contribution in [3.05, 3.63) is 84.3 Å². The summed E-state index contributed by atoms with van der Waals surface area (Å²) < 4.78 is 40.1. The summed E-state index contributed by atoms with van der Waals surface area (Å²) in [6.07, 6.45) is 1.48. The molecule has 210 valence electrons. The molecule has 0 radical (unpaired) electrons. The first-order valence-corrected chi connectivity index (χ1v) is 13.4. The number of nitrogens with zero attached hydrogens (tertiary/aromatic N) is 4. The van der Waals surface area contributed by atoms with Gasteiger partial charge in [-0.2, -0.15) is 0 Å². The molecule has 0 aliphatic heterocycles. The molecule has 13 heteroatoms. The Morgan fingerprint density at radius 2 is 1.68 bits per heavy atom. The summed E-state index contributed by atoms with van der Waals surface area (Å²) in [4.78, 5) is 22.1. The first-order chi connectivity index (χ1) is 19.8. The summed E-state index contributed by atoms with van der Waals surface area (Å²) in [6, 6.07) is 18.9. The number of amides is 1. The van der Waals surface area contributed by atoms with E-state index in [-0.39, 0.29) is 24.0 Å². The Balaban J connectivity index is 1.54. The van der Waals surface area contributed by atoms with Crippen molar-refractivity contribution in [1.29, 1.82) is 0 Å². The minimum absolute atomic E-state index is 0.0590. The Labute approximate surface area is 237 Å². The second-order valence-corrected chi connectivity index (χ2v) is 9.66. The van der Waals surface area contributed by atoms with Gasteiger partial charge in [-0.1, -0.05) is 23.4 Å². The molecular weight excluding hydrogens is 548 g/mol. The van der Waals surface area contributed by atoms with Crippen LogP contribution in [0, 0.1) is 6.92 Å². The van der Waals surface area contributed by atoms with Crippen LogP contribution in [0.5, 0.6) is 11.5 Å². The Morgan fingerprint density at radius 3 is 2.32 bits per heavy atom. The average molecular weight is 575 g/mol. The van der Waals surface area contributed by atoms with Gasteiger partial charge in [0.25, 0.3) is 11.3 Å². The molecule has 0 saturated carbocycles. The van der Waals surface area contributed by atoms with Gasteiger partial charge >= 0.3 is 0 Å². The van der Waals surface area contributed by atoms with Gasteiger partial charge < -0.3 is 24.6 Å². The van der Waals surface area contributed by atoms with Crippen molar-refractivity contribution in [3.8, 4) is 11.5 Å². The van der Waals surface area contributed by atoms with Crippen LogP contribution in [0.1, 0.15) is 11.3 Å². The molecule has 2 aromatic heterocycles. The first kappa shape index (κ1) is 27.6. The van der Waals surface area contributed by atoms with Gasteiger partial charge in [0, 0.05) is 35.1 Å². The van der Waals surface area contributed by atoms with E-state index in [1.165, 1.54) is 20.5 Å². The average Bonchev–Trinajstić information content (AvgIpc) is 3.36. The van der Waals surface area contributed by atoms with Crippen molar-refractivity contribution in [2.24, 2.45) is 0 Å². The predicted octanol–water partition coefficient (Wildman–Crippen LogP) is 5.14. The molecule has 3 N–H and O–H groups in total. The minimum atomic E-state index is -2.57. The van der Waals surface area contributed by atoms with Crippen LogP contribution < -0.4 is 24.4 Å². The number of carbonyl (C=O) groups excluding carboxylic acids is 1. The largest absolute Gasteiger partial charge is 0.497 e. The zero-order valence-electron chi connectivity index (χ0n) is 22.3. The highest BCUT2D eigenvalue weighted by Crippen LogP contribution is 2.36. The van der Waals surface area contributed by atoms with Crippen molar-refractivity contribution < 1.29 is 27.6 Å². The number of benzene rings is 3. The van der Waals surface area contributed by atoms with E-state index in [4.69, 9.17) is 19.0 Å². The monoisotopic (exact) mass is 574 g/mol. The third-order valence-corrected chi connectivity index (χ3v) is 6.78. The van der Waals surface area contributed by atoms with Crippen molar-refractivity contribution in [3.63, 3.8) is 0 Å². The number of aryl methyl sites for hydroxylation is 1. The molecule has 12 nitrogen and oxygen atoms in total. The summed E-state index contributed by atoms with van der Waals surface area (Å²) in [6.45, 7) is 1.75. The number of hydrogen-bond acceptors (Lipinski definition) is 9. The second-order valence-electron chi connectivity index (χ2n) is 8.84. The van der Waals surface area contributed by atoms with Crippen molar-refractivity contribution in [2.45, 2.75) is 13.3 Å². The fourth-order valence-electron chi connectivity index (χ4n) is 4.09. The number of nitrogens with one attached hydrogen (secondary N) is 2. The lowest BCUT2D eigenvalue weighted by atomic mass is 10.2. The molecule has 1 atom stereocenters. The maximum atomic E-state index is 12.8. The first-order valence-electron chi connectivity index (χ1n) is 12.3. The molecule has 0 aliphatic carbocycles. The van der Waals surface area contributed by atoms with Crippen LogP contribution >= 0.6 is 0 Å². The smallest absolute Gasteiger partial charge is 0.268 e. The van der Waals surface area contributed by atoms with Crippen molar-refractivity contribution in [1.82, 2.24) is 15.1 Å². The zero-order valence-corrected chi connectivity index (χ0v) is 23.1. The van der Waals surface area contributed by atoms with E-state index in [1.54, 1.807) is 67.6 Å². The molecule has 0 fully saturated rings. The molecular formula is C28H26N6O6S. The summed E-state index contributed by atoms with van der Waals surface area (Å²) in [5.41, 5.74) is 3.63. The van der Waals surface area contributed by atoms with Crippen LogP contribution in [0.2, 0.25) is 0 Å². The van der Waals surface area contributed by atoms with Gasteiger partial charge in [0.1, 0.15) is 17.8 Å². The number of anilines is 5. The maximum Gasteiger partial charge on any atom is 0.268 e. The number of fused-ring (bicyclic) bond motifs is 1. The third kappa shape index (κ3) is 6.26. The lowest BCUT2D eigenvalue weighted by molar-refractivity contribution is -0.115. The van der Waals surface area contributed by atoms with Crippen LogP contribution in [0.15, 0.2) is 77.5 Å². The van der Waals surface area contributed by atoms with Gasteiger partial charge in [-0.25, -0.2) is 18.5 Å². The number of hydrogen-bond donors (Lipinski definition) is 3. The van der Waals surface area contributed by atoms with Gasteiger partial charge in [0.05, 0.1) is 43.1 Å².